The van der Waals surface area contributed by atoms with Crippen LogP contribution in [0.15, 0.2) is 182 Å². The molecule has 2 aliphatic rings. The first-order valence-electron chi connectivity index (χ1n) is 24.9. The molecular formula is C59H70O11Si. The summed E-state index contributed by atoms with van der Waals surface area (Å²) in [6.45, 7) is 9.09. The highest BCUT2D eigenvalue weighted by Crippen LogP contribution is 2.34. The van der Waals surface area contributed by atoms with E-state index < -0.39 is 69.5 Å². The summed E-state index contributed by atoms with van der Waals surface area (Å²) in [6, 6.07) is 60.8. The van der Waals surface area contributed by atoms with Crippen molar-refractivity contribution in [3.63, 3.8) is 0 Å². The van der Waals surface area contributed by atoms with Crippen LogP contribution in [0.1, 0.15) is 33.4 Å². The third-order valence-electron chi connectivity index (χ3n) is 12.6. The molecule has 12 heteroatoms. The first-order chi connectivity index (χ1) is 34.8. The van der Waals surface area contributed by atoms with Crippen LogP contribution >= 0.6 is 0 Å². The van der Waals surface area contributed by atoms with Gasteiger partial charge in [0.25, 0.3) is 0 Å². The van der Waals surface area contributed by atoms with Crippen LogP contribution in [-0.4, -0.2) is 94.4 Å². The minimum atomic E-state index is -1.51. The van der Waals surface area contributed by atoms with E-state index in [2.05, 4.69) is 19.6 Å². The van der Waals surface area contributed by atoms with E-state index in [1.807, 2.05) is 182 Å². The van der Waals surface area contributed by atoms with E-state index in [1.165, 1.54) is 0 Å². The second-order valence-corrected chi connectivity index (χ2v) is 25.0. The van der Waals surface area contributed by atoms with Crippen molar-refractivity contribution in [3.8, 4) is 0 Å². The van der Waals surface area contributed by atoms with Crippen molar-refractivity contribution in [2.45, 2.75) is 127 Å². The van der Waals surface area contributed by atoms with Crippen LogP contribution < -0.4 is 0 Å². The highest BCUT2D eigenvalue weighted by Gasteiger charge is 2.52. The predicted octanol–water partition coefficient (Wildman–Crippen LogP) is 10.3. The molecule has 0 amide bonds. The zero-order chi connectivity index (χ0) is 49.1. The quantitative estimate of drug-likeness (QED) is 0.0524. The number of hydrogen-bond donors (Lipinski definition) is 1. The molecule has 0 bridgehead atoms. The van der Waals surface area contributed by atoms with Crippen molar-refractivity contribution in [3.05, 3.63) is 215 Å². The van der Waals surface area contributed by atoms with Crippen molar-refractivity contribution in [2.24, 2.45) is 0 Å². The highest BCUT2D eigenvalue weighted by atomic mass is 28.3. The third kappa shape index (κ3) is 16.3. The lowest BCUT2D eigenvalue weighted by Gasteiger charge is -2.47. The van der Waals surface area contributed by atoms with Gasteiger partial charge >= 0.3 is 0 Å². The van der Waals surface area contributed by atoms with E-state index in [9.17, 15) is 5.11 Å². The van der Waals surface area contributed by atoms with Gasteiger partial charge in [0, 0.05) is 14.7 Å². The largest absolute Gasteiger partial charge is 0.387 e. The van der Waals surface area contributed by atoms with E-state index >= 15 is 0 Å². The van der Waals surface area contributed by atoms with Gasteiger partial charge in [-0.25, -0.2) is 0 Å². The zero-order valence-corrected chi connectivity index (χ0v) is 42.2. The highest BCUT2D eigenvalue weighted by molar-refractivity contribution is 6.76. The van der Waals surface area contributed by atoms with Crippen LogP contribution in [-0.2, 0) is 87.0 Å². The summed E-state index contributed by atoms with van der Waals surface area (Å²) in [5.41, 5.74) is 5.89. The van der Waals surface area contributed by atoms with Crippen molar-refractivity contribution in [1.29, 1.82) is 0 Å². The molecule has 0 saturated carbocycles. The van der Waals surface area contributed by atoms with Gasteiger partial charge in [0.1, 0.15) is 48.8 Å². The molecule has 0 unspecified atom stereocenters. The van der Waals surface area contributed by atoms with Gasteiger partial charge in [-0.1, -0.05) is 202 Å². The lowest BCUT2D eigenvalue weighted by molar-refractivity contribution is -0.350. The normalized spacial score (nSPS) is 24.7. The van der Waals surface area contributed by atoms with Crippen LogP contribution in [0.3, 0.4) is 0 Å². The van der Waals surface area contributed by atoms with Crippen molar-refractivity contribution in [2.75, 3.05) is 19.8 Å². The molecule has 0 spiro atoms. The molecule has 2 heterocycles. The maximum Gasteiger partial charge on any atom is 0.187 e. The molecule has 11 nitrogen and oxygen atoms in total. The minimum Gasteiger partial charge on any atom is -0.387 e. The maximum absolute atomic E-state index is 12.5. The molecule has 1 N–H and O–H groups in total. The van der Waals surface area contributed by atoms with Crippen molar-refractivity contribution in [1.82, 2.24) is 0 Å². The number of aliphatic hydroxyl groups is 1. The molecule has 376 valence electrons. The van der Waals surface area contributed by atoms with Gasteiger partial charge in [-0.2, -0.15) is 0 Å². The molecule has 10 atom stereocenters. The second kappa shape index (κ2) is 27.2. The molecule has 71 heavy (non-hydrogen) atoms. The van der Waals surface area contributed by atoms with E-state index in [-0.39, 0.29) is 39.6 Å². The predicted molar refractivity (Wildman–Crippen MR) is 275 cm³/mol. The molecule has 6 aromatic carbocycles. The summed E-state index contributed by atoms with van der Waals surface area (Å²) < 4.78 is 67.9. The van der Waals surface area contributed by atoms with Gasteiger partial charge in [0.15, 0.2) is 12.6 Å². The van der Waals surface area contributed by atoms with E-state index in [0.29, 0.717) is 19.8 Å². The van der Waals surface area contributed by atoms with E-state index in [0.717, 1.165) is 39.4 Å². The van der Waals surface area contributed by atoms with Crippen molar-refractivity contribution >= 4 is 8.07 Å². The Bertz CT molecular complexity index is 2360. The fourth-order valence-electron chi connectivity index (χ4n) is 8.63. The molecule has 6 aromatic rings. The lowest BCUT2D eigenvalue weighted by Crippen LogP contribution is -2.63. The SMILES string of the molecule is C[Si](C)(C)CCO[C@@H]1O[C@H](CO[C@@H]2O[C@H](COCc3ccccc3)[C@H](OCc3ccccc3)[C@H](OCc3ccccc3)[C@H]2OCc2ccccc2)[C@H](OCc2ccccc2)[C@H](O)[C@H]1OCc1ccccc1. The van der Waals surface area contributed by atoms with E-state index in [4.69, 9.17) is 47.4 Å². The molecule has 0 aliphatic carbocycles. The van der Waals surface area contributed by atoms with Gasteiger partial charge in [-0.05, 0) is 39.4 Å². The third-order valence-corrected chi connectivity index (χ3v) is 14.3. The van der Waals surface area contributed by atoms with Crippen LogP contribution in [0.5, 0.6) is 0 Å². The van der Waals surface area contributed by atoms with Gasteiger partial charge in [-0.3, -0.25) is 0 Å². The Morgan fingerprint density at radius 3 is 1.13 bits per heavy atom. The fraction of sp³-hybridized carbons (Fsp3) is 0.390. The monoisotopic (exact) mass is 982 g/mol. The molecule has 2 aliphatic heterocycles. The van der Waals surface area contributed by atoms with Gasteiger partial charge in [0.05, 0.1) is 52.9 Å². The lowest BCUT2D eigenvalue weighted by atomic mass is 9.97. The summed E-state index contributed by atoms with van der Waals surface area (Å²) in [7, 11) is -1.51. The minimum absolute atomic E-state index is 0.0653. The van der Waals surface area contributed by atoms with Crippen LogP contribution in [0.25, 0.3) is 0 Å². The first-order valence-corrected chi connectivity index (χ1v) is 28.6. The number of benzene rings is 6. The van der Waals surface area contributed by atoms with Gasteiger partial charge in [-0.15, -0.1) is 0 Å². The number of ether oxygens (including phenoxy) is 10. The molecular weight excluding hydrogens is 913 g/mol. The Morgan fingerprint density at radius 2 is 0.704 bits per heavy atom. The number of aliphatic hydroxyl groups excluding tert-OH is 1. The Hall–Kier alpha value is -4.90. The van der Waals surface area contributed by atoms with E-state index in [1.54, 1.807) is 0 Å². The number of hydrogen-bond acceptors (Lipinski definition) is 11. The average molecular weight is 983 g/mol. The summed E-state index contributed by atoms with van der Waals surface area (Å²) in [5, 5.41) is 12.5. The molecule has 0 radical (unpaired) electrons. The molecule has 2 saturated heterocycles. The number of rotatable bonds is 26. The molecule has 2 fully saturated rings. The summed E-state index contributed by atoms with van der Waals surface area (Å²) >= 11 is 0. The standard InChI is InChI=1S/C59H70O11Si/c1-71(2,3)35-34-62-58-55(65-39-47-28-16-7-17-29-47)52(60)53(63-37-45-24-12-5-13-25-45)51(70-58)43-68-59-57(67-41-49-32-20-9-21-33-49)56(66-40-48-30-18-8-19-31-48)54(64-38-46-26-14-6-15-27-46)50(69-59)42-61-36-44-22-10-4-11-23-44/h4-33,50-60H,34-43H2,1-3H3/t50-,51-,52+,53+,54+,55-,56+,57-,58-,59-/m1/s1. The van der Waals surface area contributed by atoms with Crippen molar-refractivity contribution < 1.29 is 52.5 Å². The Labute approximate surface area is 420 Å². The summed E-state index contributed by atoms with van der Waals surface area (Å²) in [4.78, 5) is 0. The average Bonchev–Trinajstić information content (AvgIpc) is 3.40. The second-order valence-electron chi connectivity index (χ2n) is 19.4. The smallest absolute Gasteiger partial charge is 0.187 e. The van der Waals surface area contributed by atoms with Crippen LogP contribution in [0.4, 0.5) is 0 Å². The van der Waals surface area contributed by atoms with Gasteiger partial charge < -0.3 is 52.5 Å². The van der Waals surface area contributed by atoms with Crippen LogP contribution in [0, 0.1) is 0 Å². The topological polar surface area (TPSA) is 113 Å². The zero-order valence-electron chi connectivity index (χ0n) is 41.2. The fourth-order valence-corrected chi connectivity index (χ4v) is 9.36. The van der Waals surface area contributed by atoms with Crippen LogP contribution in [0.2, 0.25) is 25.7 Å². The molecule has 8 rings (SSSR count). The van der Waals surface area contributed by atoms with Gasteiger partial charge in [0.2, 0.25) is 0 Å². The summed E-state index contributed by atoms with van der Waals surface area (Å²) in [5.74, 6) is 0. The Morgan fingerprint density at radius 1 is 0.366 bits per heavy atom. The Balaban J connectivity index is 1.11. The summed E-state index contributed by atoms with van der Waals surface area (Å²) in [6.07, 6.45) is -8.53. The Kier molecular flexibility index (Phi) is 20.1. The first kappa shape index (κ1) is 52.4. The maximum atomic E-state index is 12.5. The molecule has 0 aromatic heterocycles.